The summed E-state index contributed by atoms with van der Waals surface area (Å²) in [5, 5.41) is 0. The van der Waals surface area contributed by atoms with Crippen LogP contribution in [0.15, 0.2) is 0 Å². The first kappa shape index (κ1) is 10.0. The summed E-state index contributed by atoms with van der Waals surface area (Å²) < 4.78 is 0. The molecule has 0 aliphatic carbocycles. The van der Waals surface area contributed by atoms with Crippen molar-refractivity contribution in [1.29, 1.82) is 0 Å². The van der Waals surface area contributed by atoms with E-state index >= 15 is 0 Å². The summed E-state index contributed by atoms with van der Waals surface area (Å²) in [5.41, 5.74) is 0. The maximum Gasteiger partial charge on any atom is 0.230 e. The van der Waals surface area contributed by atoms with E-state index in [0.29, 0.717) is 24.9 Å². The molecule has 2 saturated heterocycles. The number of carbonyl (C=O) groups is 2. The molecule has 2 atom stereocenters. The minimum absolute atomic E-state index is 0.0422. The van der Waals surface area contributed by atoms with E-state index in [4.69, 9.17) is 0 Å². The Morgan fingerprint density at radius 1 is 1.36 bits per heavy atom. The Morgan fingerprint density at radius 2 is 2.14 bits per heavy atom. The van der Waals surface area contributed by atoms with Crippen LogP contribution in [0.2, 0.25) is 0 Å². The lowest BCUT2D eigenvalue weighted by atomic mass is 10.0. The van der Waals surface area contributed by atoms with Crippen LogP contribution in [0.3, 0.4) is 0 Å². The second-order valence-electron chi connectivity index (χ2n) is 4.13. The second kappa shape index (κ2) is 3.93. The van der Waals surface area contributed by atoms with E-state index < -0.39 is 0 Å². The fourth-order valence-electron chi connectivity index (χ4n) is 2.13. The van der Waals surface area contributed by atoms with Gasteiger partial charge < -0.3 is 4.90 Å². The molecule has 1 amide bonds. The normalized spacial score (nSPS) is 33.9. The number of thioether (sulfide) groups is 1. The minimum atomic E-state index is 0.0422. The van der Waals surface area contributed by atoms with E-state index in [1.807, 2.05) is 16.7 Å². The highest BCUT2D eigenvalue weighted by Gasteiger charge is 2.35. The fraction of sp³-hybridized carbons (Fsp3) is 0.800. The Morgan fingerprint density at radius 3 is 2.71 bits per heavy atom. The van der Waals surface area contributed by atoms with Crippen LogP contribution in [0, 0.1) is 5.92 Å². The summed E-state index contributed by atoms with van der Waals surface area (Å²) in [5.74, 6) is 2.91. The van der Waals surface area contributed by atoms with Gasteiger partial charge >= 0.3 is 0 Å². The highest BCUT2D eigenvalue weighted by atomic mass is 32.2. The number of likely N-dealkylation sites (tertiary alicyclic amines) is 1. The van der Waals surface area contributed by atoms with Crippen LogP contribution in [0.4, 0.5) is 0 Å². The molecule has 0 saturated carbocycles. The van der Waals surface area contributed by atoms with E-state index in [2.05, 4.69) is 6.92 Å². The minimum Gasteiger partial charge on any atom is -0.338 e. The van der Waals surface area contributed by atoms with Gasteiger partial charge in [0.05, 0.1) is 6.42 Å². The SMILES string of the molecule is CC1CSCC1N1CCC(=O)CC1=O. The number of carbonyl (C=O) groups excluding carboxylic acids is 2. The lowest BCUT2D eigenvalue weighted by molar-refractivity contribution is -0.141. The zero-order valence-electron chi connectivity index (χ0n) is 8.36. The molecule has 0 bridgehead atoms. The summed E-state index contributed by atoms with van der Waals surface area (Å²) in [6.07, 6.45) is 0.688. The van der Waals surface area contributed by atoms with Gasteiger partial charge in [0.25, 0.3) is 0 Å². The predicted molar refractivity (Wildman–Crippen MR) is 56.2 cm³/mol. The van der Waals surface area contributed by atoms with Crippen molar-refractivity contribution in [3.05, 3.63) is 0 Å². The van der Waals surface area contributed by atoms with Crippen LogP contribution in [0.25, 0.3) is 0 Å². The Labute approximate surface area is 88.2 Å². The lowest BCUT2D eigenvalue weighted by Crippen LogP contribution is -2.48. The summed E-state index contributed by atoms with van der Waals surface area (Å²) in [7, 11) is 0. The fourth-order valence-corrected chi connectivity index (χ4v) is 3.61. The maximum atomic E-state index is 11.6. The summed E-state index contributed by atoms with van der Waals surface area (Å²) in [4.78, 5) is 24.6. The molecular formula is C10H15NO2S. The molecule has 4 heteroatoms. The number of rotatable bonds is 1. The van der Waals surface area contributed by atoms with Gasteiger partial charge in [-0.05, 0) is 11.7 Å². The molecule has 2 unspecified atom stereocenters. The zero-order chi connectivity index (χ0) is 10.1. The zero-order valence-corrected chi connectivity index (χ0v) is 9.18. The highest BCUT2D eigenvalue weighted by molar-refractivity contribution is 7.99. The number of hydrogen-bond donors (Lipinski definition) is 0. The van der Waals surface area contributed by atoms with Gasteiger partial charge in [0.2, 0.25) is 5.91 Å². The first-order chi connectivity index (χ1) is 6.68. The molecule has 2 aliphatic rings. The van der Waals surface area contributed by atoms with Crippen molar-refractivity contribution >= 4 is 23.5 Å². The average molecular weight is 213 g/mol. The van der Waals surface area contributed by atoms with Gasteiger partial charge in [-0.25, -0.2) is 0 Å². The molecule has 0 radical (unpaired) electrons. The summed E-state index contributed by atoms with van der Waals surface area (Å²) >= 11 is 1.91. The summed E-state index contributed by atoms with van der Waals surface area (Å²) in [6.45, 7) is 2.83. The Balaban J connectivity index is 2.03. The van der Waals surface area contributed by atoms with Crippen molar-refractivity contribution in [2.45, 2.75) is 25.8 Å². The van der Waals surface area contributed by atoms with Crippen LogP contribution >= 0.6 is 11.8 Å². The molecule has 0 aromatic carbocycles. The Bertz CT molecular complexity index is 267. The van der Waals surface area contributed by atoms with E-state index in [1.54, 1.807) is 0 Å². The van der Waals surface area contributed by atoms with Gasteiger partial charge in [0, 0.05) is 24.8 Å². The molecular weight excluding hydrogens is 198 g/mol. The smallest absolute Gasteiger partial charge is 0.230 e. The van der Waals surface area contributed by atoms with Gasteiger partial charge in [0.1, 0.15) is 5.78 Å². The van der Waals surface area contributed by atoms with E-state index in [1.165, 1.54) is 0 Å². The molecule has 2 rings (SSSR count). The van der Waals surface area contributed by atoms with E-state index in [0.717, 1.165) is 11.5 Å². The Kier molecular flexibility index (Phi) is 2.81. The lowest BCUT2D eigenvalue weighted by Gasteiger charge is -2.33. The molecule has 3 nitrogen and oxygen atoms in total. The maximum absolute atomic E-state index is 11.6. The predicted octanol–water partition coefficient (Wildman–Crippen LogP) is 0.929. The number of piperidine rings is 1. The van der Waals surface area contributed by atoms with Crippen molar-refractivity contribution in [2.75, 3.05) is 18.1 Å². The molecule has 2 aliphatic heterocycles. The van der Waals surface area contributed by atoms with Gasteiger partial charge in [-0.2, -0.15) is 11.8 Å². The monoisotopic (exact) mass is 213 g/mol. The highest BCUT2D eigenvalue weighted by Crippen LogP contribution is 2.29. The quantitative estimate of drug-likeness (QED) is 0.608. The van der Waals surface area contributed by atoms with Crippen molar-refractivity contribution in [3.8, 4) is 0 Å². The third-order valence-electron chi connectivity index (χ3n) is 3.03. The average Bonchev–Trinajstić information content (AvgIpc) is 2.52. The third-order valence-corrected chi connectivity index (χ3v) is 4.37. The van der Waals surface area contributed by atoms with Gasteiger partial charge in [-0.15, -0.1) is 0 Å². The van der Waals surface area contributed by atoms with Gasteiger partial charge in [-0.1, -0.05) is 6.92 Å². The van der Waals surface area contributed by atoms with Crippen molar-refractivity contribution < 1.29 is 9.59 Å². The third kappa shape index (κ3) is 1.80. The van der Waals surface area contributed by atoms with E-state index in [9.17, 15) is 9.59 Å². The first-order valence-corrected chi connectivity index (χ1v) is 6.23. The number of hydrogen-bond acceptors (Lipinski definition) is 3. The molecule has 2 fully saturated rings. The molecule has 0 spiro atoms. The molecule has 0 aromatic heterocycles. The molecule has 0 aromatic rings. The van der Waals surface area contributed by atoms with Crippen molar-refractivity contribution in [2.24, 2.45) is 5.92 Å². The molecule has 14 heavy (non-hydrogen) atoms. The standard InChI is InChI=1S/C10H15NO2S/c1-7-5-14-6-9(7)11-3-2-8(12)4-10(11)13/h7,9H,2-6H2,1H3. The summed E-state index contributed by atoms with van der Waals surface area (Å²) in [6, 6.07) is 0.376. The number of ketones is 1. The van der Waals surface area contributed by atoms with Crippen LogP contribution in [0.5, 0.6) is 0 Å². The number of amides is 1. The first-order valence-electron chi connectivity index (χ1n) is 5.07. The van der Waals surface area contributed by atoms with Crippen LogP contribution < -0.4 is 0 Å². The molecule has 78 valence electrons. The number of Topliss-reactive ketones (excluding diaryl/α,β-unsaturated/α-hetero) is 1. The number of nitrogens with zero attached hydrogens (tertiary/aromatic N) is 1. The van der Waals surface area contributed by atoms with Crippen LogP contribution in [0.1, 0.15) is 19.8 Å². The topological polar surface area (TPSA) is 37.4 Å². The van der Waals surface area contributed by atoms with Crippen LogP contribution in [-0.2, 0) is 9.59 Å². The second-order valence-corrected chi connectivity index (χ2v) is 5.21. The van der Waals surface area contributed by atoms with E-state index in [-0.39, 0.29) is 18.1 Å². The largest absolute Gasteiger partial charge is 0.338 e. The molecule has 2 heterocycles. The molecule has 0 N–H and O–H groups in total. The van der Waals surface area contributed by atoms with Crippen molar-refractivity contribution in [3.63, 3.8) is 0 Å². The van der Waals surface area contributed by atoms with Gasteiger partial charge in [-0.3, -0.25) is 9.59 Å². The van der Waals surface area contributed by atoms with Gasteiger partial charge in [0.15, 0.2) is 0 Å². The van der Waals surface area contributed by atoms with Crippen LogP contribution in [-0.4, -0.2) is 40.7 Å². The Hall–Kier alpha value is -0.510. The van der Waals surface area contributed by atoms with Crippen molar-refractivity contribution in [1.82, 2.24) is 4.90 Å².